The number of β-amino-alcohol motifs (C(OH)–C–C–N with tert-alkyl or cyclic N) is 1. The molecule has 5 nitrogen and oxygen atoms in total. The van der Waals surface area contributed by atoms with Crippen molar-refractivity contribution in [1.29, 1.82) is 0 Å². The fraction of sp³-hybridized carbons (Fsp3) is 0.471. The van der Waals surface area contributed by atoms with E-state index in [1.54, 1.807) is 6.07 Å². The number of aliphatic hydroxyl groups is 1. The first kappa shape index (κ1) is 15.8. The molecule has 1 aromatic carbocycles. The smallest absolute Gasteiger partial charge is 0.246 e. The molecule has 0 amide bonds. The van der Waals surface area contributed by atoms with Crippen LogP contribution in [0.4, 0.5) is 10.3 Å². The molecule has 1 fully saturated rings. The van der Waals surface area contributed by atoms with Crippen LogP contribution in [0.15, 0.2) is 24.3 Å². The van der Waals surface area contributed by atoms with Crippen LogP contribution < -0.4 is 4.90 Å². The quantitative estimate of drug-likeness (QED) is 0.939. The summed E-state index contributed by atoms with van der Waals surface area (Å²) >= 11 is 0. The molecule has 0 spiro atoms. The van der Waals surface area contributed by atoms with Gasteiger partial charge in [0.25, 0.3) is 0 Å². The highest BCUT2D eigenvalue weighted by Gasteiger charge is 2.34. The van der Waals surface area contributed by atoms with E-state index in [-0.39, 0.29) is 11.9 Å². The second-order valence-corrected chi connectivity index (χ2v) is 5.82. The lowest BCUT2D eigenvalue weighted by molar-refractivity contribution is 0.194. The number of aryl methyl sites for hydroxylation is 2. The Morgan fingerprint density at radius 2 is 2.00 bits per heavy atom. The van der Waals surface area contributed by atoms with Crippen LogP contribution in [0.3, 0.4) is 0 Å². The van der Waals surface area contributed by atoms with Crippen molar-refractivity contribution in [3.05, 3.63) is 47.0 Å². The second kappa shape index (κ2) is 6.58. The number of nitrogens with zero attached hydrogens (tertiary/aromatic N) is 4. The summed E-state index contributed by atoms with van der Waals surface area (Å²) in [6.45, 7) is 4.49. The van der Waals surface area contributed by atoms with Crippen molar-refractivity contribution >= 4 is 5.95 Å². The molecule has 2 atom stereocenters. The maximum absolute atomic E-state index is 13.5. The van der Waals surface area contributed by atoms with Crippen LogP contribution in [-0.4, -0.2) is 32.9 Å². The van der Waals surface area contributed by atoms with Gasteiger partial charge in [-0.05, 0) is 37.0 Å². The van der Waals surface area contributed by atoms with Gasteiger partial charge in [0.05, 0.1) is 23.5 Å². The molecule has 0 radical (unpaired) electrons. The molecule has 1 aliphatic rings. The number of halogens is 1. The minimum absolute atomic E-state index is 0.139. The van der Waals surface area contributed by atoms with Gasteiger partial charge in [0, 0.05) is 6.54 Å². The zero-order valence-electron chi connectivity index (χ0n) is 13.4. The van der Waals surface area contributed by atoms with Gasteiger partial charge in [-0.2, -0.15) is 5.10 Å². The normalized spacial score (nSPS) is 21.0. The van der Waals surface area contributed by atoms with Gasteiger partial charge in [0.1, 0.15) is 5.82 Å². The predicted molar refractivity (Wildman–Crippen MR) is 85.7 cm³/mol. The topological polar surface area (TPSA) is 62.1 Å². The van der Waals surface area contributed by atoms with Crippen LogP contribution in [0, 0.1) is 5.82 Å². The molecule has 1 N–H and O–H groups in total. The van der Waals surface area contributed by atoms with Crippen molar-refractivity contribution in [1.82, 2.24) is 15.2 Å². The van der Waals surface area contributed by atoms with Crippen molar-refractivity contribution in [2.45, 2.75) is 45.3 Å². The van der Waals surface area contributed by atoms with E-state index >= 15 is 0 Å². The summed E-state index contributed by atoms with van der Waals surface area (Å²) in [5, 5.41) is 18.6. The zero-order chi connectivity index (χ0) is 16.4. The van der Waals surface area contributed by atoms with Gasteiger partial charge in [0.2, 0.25) is 5.95 Å². The Balaban J connectivity index is 1.96. The van der Waals surface area contributed by atoms with Gasteiger partial charge in [-0.1, -0.05) is 26.0 Å². The van der Waals surface area contributed by atoms with E-state index in [0.29, 0.717) is 18.9 Å². The number of hydrogen-bond acceptors (Lipinski definition) is 5. The highest BCUT2D eigenvalue weighted by molar-refractivity contribution is 5.39. The lowest BCUT2D eigenvalue weighted by Gasteiger charge is -2.24. The third-order valence-corrected chi connectivity index (χ3v) is 4.27. The molecule has 0 saturated carbocycles. The molecule has 0 unspecified atom stereocenters. The minimum atomic E-state index is -0.484. The summed E-state index contributed by atoms with van der Waals surface area (Å²) < 4.78 is 13.5. The van der Waals surface area contributed by atoms with Crippen LogP contribution >= 0.6 is 0 Å². The third kappa shape index (κ3) is 3.17. The lowest BCUT2D eigenvalue weighted by Crippen LogP contribution is -2.27. The Morgan fingerprint density at radius 1 is 1.22 bits per heavy atom. The van der Waals surface area contributed by atoms with E-state index in [1.807, 2.05) is 24.8 Å². The largest absolute Gasteiger partial charge is 0.391 e. The molecular formula is C17H21FN4O. The summed E-state index contributed by atoms with van der Waals surface area (Å²) in [6.07, 6.45) is 1.62. The Kier molecular flexibility index (Phi) is 4.52. The number of benzene rings is 1. The number of hydrogen-bond donors (Lipinski definition) is 1. The van der Waals surface area contributed by atoms with Crippen molar-refractivity contribution in [3.8, 4) is 0 Å². The van der Waals surface area contributed by atoms with E-state index in [0.717, 1.165) is 29.8 Å². The monoisotopic (exact) mass is 316 g/mol. The summed E-state index contributed by atoms with van der Waals surface area (Å²) in [5.74, 6) is 0.225. The molecule has 0 bridgehead atoms. The molecular weight excluding hydrogens is 295 g/mol. The average molecular weight is 316 g/mol. The van der Waals surface area contributed by atoms with Crippen molar-refractivity contribution in [2.24, 2.45) is 0 Å². The van der Waals surface area contributed by atoms with Crippen molar-refractivity contribution in [2.75, 3.05) is 11.4 Å². The molecule has 23 heavy (non-hydrogen) atoms. The van der Waals surface area contributed by atoms with Gasteiger partial charge >= 0.3 is 0 Å². The summed E-state index contributed by atoms with van der Waals surface area (Å²) in [4.78, 5) is 6.55. The zero-order valence-corrected chi connectivity index (χ0v) is 13.4. The number of aliphatic hydroxyl groups excluding tert-OH is 1. The Morgan fingerprint density at radius 3 is 2.70 bits per heavy atom. The molecule has 2 aromatic rings. The van der Waals surface area contributed by atoms with E-state index in [4.69, 9.17) is 0 Å². The number of aromatic nitrogens is 3. The Bertz CT molecular complexity index is 694. The van der Waals surface area contributed by atoms with Crippen LogP contribution in [0.2, 0.25) is 0 Å². The first-order chi connectivity index (χ1) is 11.1. The van der Waals surface area contributed by atoms with E-state index < -0.39 is 6.10 Å². The average Bonchev–Trinajstić information content (AvgIpc) is 2.96. The maximum Gasteiger partial charge on any atom is 0.246 e. The summed E-state index contributed by atoms with van der Waals surface area (Å²) in [6, 6.07) is 6.34. The number of rotatable bonds is 4. The third-order valence-electron chi connectivity index (χ3n) is 4.27. The molecule has 1 aliphatic heterocycles. The maximum atomic E-state index is 13.5. The van der Waals surface area contributed by atoms with Crippen molar-refractivity contribution < 1.29 is 9.50 Å². The highest BCUT2D eigenvalue weighted by Crippen LogP contribution is 2.34. The van der Waals surface area contributed by atoms with Crippen molar-refractivity contribution in [3.63, 3.8) is 0 Å². The molecule has 1 aromatic heterocycles. The Hall–Kier alpha value is -2.08. The first-order valence-electron chi connectivity index (χ1n) is 8.05. The van der Waals surface area contributed by atoms with Gasteiger partial charge in [-0.25, -0.2) is 9.37 Å². The molecule has 2 heterocycles. The minimum Gasteiger partial charge on any atom is -0.391 e. The molecule has 6 heteroatoms. The van der Waals surface area contributed by atoms with E-state index in [2.05, 4.69) is 15.2 Å². The molecule has 1 saturated heterocycles. The summed E-state index contributed by atoms with van der Waals surface area (Å²) in [5.41, 5.74) is 2.65. The lowest BCUT2D eigenvalue weighted by atomic mass is 10.0. The predicted octanol–water partition coefficient (Wildman–Crippen LogP) is 2.45. The van der Waals surface area contributed by atoms with Crippen LogP contribution in [-0.2, 0) is 12.8 Å². The number of anilines is 1. The fourth-order valence-corrected chi connectivity index (χ4v) is 3.11. The van der Waals surface area contributed by atoms with Crippen LogP contribution in [0.5, 0.6) is 0 Å². The first-order valence-corrected chi connectivity index (χ1v) is 8.05. The Labute approximate surface area is 135 Å². The van der Waals surface area contributed by atoms with Crippen LogP contribution in [0.1, 0.15) is 43.3 Å². The molecule has 0 aliphatic carbocycles. The van der Waals surface area contributed by atoms with E-state index in [1.165, 1.54) is 12.1 Å². The molecule has 3 rings (SSSR count). The second-order valence-electron chi connectivity index (χ2n) is 5.82. The fourth-order valence-electron chi connectivity index (χ4n) is 3.11. The van der Waals surface area contributed by atoms with Gasteiger partial charge in [-0.15, -0.1) is 5.10 Å². The van der Waals surface area contributed by atoms with Gasteiger partial charge in [-0.3, -0.25) is 0 Å². The standard InChI is InChI=1S/C17H21FN4O/c1-3-14-15(4-2)20-21-17(19-14)22-10-13(23)9-16(22)11-6-5-7-12(18)8-11/h5-8,13,16,23H,3-4,9-10H2,1-2H3/t13-,16-/m1/s1. The molecule has 122 valence electrons. The highest BCUT2D eigenvalue weighted by atomic mass is 19.1. The SMILES string of the molecule is CCc1nnc(N2C[C@H](O)C[C@@H]2c2cccc(F)c2)nc1CC. The van der Waals surface area contributed by atoms with E-state index in [9.17, 15) is 9.50 Å². The van der Waals surface area contributed by atoms with Gasteiger partial charge < -0.3 is 10.0 Å². The summed E-state index contributed by atoms with van der Waals surface area (Å²) in [7, 11) is 0. The van der Waals surface area contributed by atoms with Gasteiger partial charge in [0.15, 0.2) is 0 Å². The van der Waals surface area contributed by atoms with Crippen LogP contribution in [0.25, 0.3) is 0 Å².